The number of thiophene rings is 1. The Morgan fingerprint density at radius 3 is 2.83 bits per heavy atom. The molecule has 1 amide bonds. The third-order valence-electron chi connectivity index (χ3n) is 4.15. The van der Waals surface area contributed by atoms with Crippen LogP contribution >= 0.6 is 22.7 Å². The molecule has 0 bridgehead atoms. The molecule has 0 aliphatic carbocycles. The molecule has 23 heavy (non-hydrogen) atoms. The fourth-order valence-corrected chi connectivity index (χ4v) is 4.74. The van der Waals surface area contributed by atoms with Gasteiger partial charge in [-0.1, -0.05) is 36.4 Å². The van der Waals surface area contributed by atoms with Crippen molar-refractivity contribution in [3.05, 3.63) is 64.5 Å². The molecule has 1 saturated heterocycles. The molecule has 3 heterocycles. The first-order valence-electron chi connectivity index (χ1n) is 7.68. The van der Waals surface area contributed by atoms with E-state index < -0.39 is 0 Å². The Morgan fingerprint density at radius 1 is 1.17 bits per heavy atom. The number of carbonyl (C=O) groups excluding carboxylic acids is 1. The van der Waals surface area contributed by atoms with Crippen molar-refractivity contribution < 1.29 is 4.79 Å². The number of aromatic nitrogens is 1. The minimum Gasteiger partial charge on any atom is -0.331 e. The first kappa shape index (κ1) is 14.6. The molecule has 1 aliphatic rings. The van der Waals surface area contributed by atoms with Gasteiger partial charge in [0.25, 0.3) is 5.91 Å². The van der Waals surface area contributed by atoms with E-state index in [2.05, 4.69) is 17.1 Å². The lowest BCUT2D eigenvalue weighted by Gasteiger charge is -2.24. The van der Waals surface area contributed by atoms with Gasteiger partial charge in [-0.25, -0.2) is 4.98 Å². The van der Waals surface area contributed by atoms with Crippen molar-refractivity contribution in [2.24, 2.45) is 0 Å². The molecule has 1 aromatic carbocycles. The van der Waals surface area contributed by atoms with Gasteiger partial charge in [0.15, 0.2) is 0 Å². The van der Waals surface area contributed by atoms with Gasteiger partial charge in [-0.15, -0.1) is 22.7 Å². The zero-order valence-electron chi connectivity index (χ0n) is 12.5. The second kappa shape index (κ2) is 6.26. The summed E-state index contributed by atoms with van der Waals surface area (Å²) in [5, 5.41) is 2.96. The SMILES string of the molecule is O=C(c1cnc(-c2cccs2)s1)N1CCCC1c1ccccc1. The number of amides is 1. The molecule has 1 aliphatic heterocycles. The standard InChI is InChI=1S/C18H16N2OS2/c21-18(16-12-19-17(23-16)15-9-5-11-22-15)20-10-4-8-14(20)13-6-2-1-3-7-13/h1-3,5-7,9,11-12,14H,4,8,10H2. The third kappa shape index (κ3) is 2.82. The summed E-state index contributed by atoms with van der Waals surface area (Å²) in [6, 6.07) is 14.6. The Morgan fingerprint density at radius 2 is 2.04 bits per heavy atom. The lowest BCUT2D eigenvalue weighted by Crippen LogP contribution is -2.29. The van der Waals surface area contributed by atoms with Gasteiger partial charge in [0.1, 0.15) is 9.88 Å². The van der Waals surface area contributed by atoms with Crippen LogP contribution in [0, 0.1) is 0 Å². The average molecular weight is 340 g/mol. The quantitative estimate of drug-likeness (QED) is 0.683. The first-order valence-corrected chi connectivity index (χ1v) is 9.38. The Balaban J connectivity index is 1.59. The minimum atomic E-state index is 0.108. The van der Waals surface area contributed by atoms with E-state index in [1.165, 1.54) is 16.9 Å². The number of likely N-dealkylation sites (tertiary alicyclic amines) is 1. The van der Waals surface area contributed by atoms with Crippen LogP contribution in [-0.2, 0) is 0 Å². The summed E-state index contributed by atoms with van der Waals surface area (Å²) in [4.78, 5) is 21.2. The molecule has 1 atom stereocenters. The summed E-state index contributed by atoms with van der Waals surface area (Å²) in [6.45, 7) is 0.824. The van der Waals surface area contributed by atoms with Gasteiger partial charge in [-0.3, -0.25) is 4.79 Å². The fraction of sp³-hybridized carbons (Fsp3) is 0.222. The van der Waals surface area contributed by atoms with Gasteiger partial charge >= 0.3 is 0 Å². The molecule has 0 radical (unpaired) electrons. The lowest BCUT2D eigenvalue weighted by molar-refractivity contribution is 0.0740. The Labute approximate surface area is 143 Å². The zero-order valence-corrected chi connectivity index (χ0v) is 14.1. The largest absolute Gasteiger partial charge is 0.331 e. The van der Waals surface area contributed by atoms with E-state index in [0.29, 0.717) is 0 Å². The maximum absolute atomic E-state index is 12.9. The van der Waals surface area contributed by atoms with Crippen molar-refractivity contribution in [3.8, 4) is 9.88 Å². The van der Waals surface area contributed by atoms with Crippen molar-refractivity contribution in [2.75, 3.05) is 6.54 Å². The number of thiazole rings is 1. The maximum Gasteiger partial charge on any atom is 0.266 e. The molecule has 116 valence electrons. The number of nitrogens with zero attached hydrogens (tertiary/aromatic N) is 2. The van der Waals surface area contributed by atoms with Crippen LogP contribution in [0.5, 0.6) is 0 Å². The van der Waals surface area contributed by atoms with E-state index >= 15 is 0 Å². The lowest BCUT2D eigenvalue weighted by atomic mass is 10.0. The molecular weight excluding hydrogens is 324 g/mol. The highest BCUT2D eigenvalue weighted by Crippen LogP contribution is 2.35. The van der Waals surface area contributed by atoms with Crippen molar-refractivity contribution in [1.29, 1.82) is 0 Å². The molecule has 1 fully saturated rings. The molecule has 5 heteroatoms. The minimum absolute atomic E-state index is 0.108. The summed E-state index contributed by atoms with van der Waals surface area (Å²) in [7, 11) is 0. The highest BCUT2D eigenvalue weighted by atomic mass is 32.1. The van der Waals surface area contributed by atoms with Crippen LogP contribution in [-0.4, -0.2) is 22.3 Å². The van der Waals surface area contributed by atoms with Gasteiger partial charge in [0.2, 0.25) is 0 Å². The predicted molar refractivity (Wildman–Crippen MR) is 94.9 cm³/mol. The van der Waals surface area contributed by atoms with Crippen LogP contribution in [0.25, 0.3) is 9.88 Å². The first-order chi connectivity index (χ1) is 11.3. The smallest absolute Gasteiger partial charge is 0.266 e. The Hall–Kier alpha value is -1.98. The molecular formula is C18H16N2OS2. The number of hydrogen-bond donors (Lipinski definition) is 0. The monoisotopic (exact) mass is 340 g/mol. The number of benzene rings is 1. The van der Waals surface area contributed by atoms with Gasteiger partial charge in [-0.2, -0.15) is 0 Å². The Bertz CT molecular complexity index is 796. The molecule has 2 aromatic heterocycles. The molecule has 3 aromatic rings. The topological polar surface area (TPSA) is 33.2 Å². The van der Waals surface area contributed by atoms with E-state index in [1.54, 1.807) is 17.5 Å². The number of rotatable bonds is 3. The van der Waals surface area contributed by atoms with Crippen LogP contribution in [0.1, 0.15) is 34.1 Å². The van der Waals surface area contributed by atoms with Crippen molar-refractivity contribution >= 4 is 28.6 Å². The molecule has 1 unspecified atom stereocenters. The molecule has 4 rings (SSSR count). The molecule has 0 spiro atoms. The van der Waals surface area contributed by atoms with Crippen LogP contribution in [0.15, 0.2) is 54.0 Å². The highest BCUT2D eigenvalue weighted by Gasteiger charge is 2.31. The van der Waals surface area contributed by atoms with Crippen molar-refractivity contribution in [3.63, 3.8) is 0 Å². The van der Waals surface area contributed by atoms with E-state index in [9.17, 15) is 4.79 Å². The summed E-state index contributed by atoms with van der Waals surface area (Å²) in [5.41, 5.74) is 1.22. The molecule has 0 N–H and O–H groups in total. The van der Waals surface area contributed by atoms with Crippen LogP contribution in [0.3, 0.4) is 0 Å². The zero-order chi connectivity index (χ0) is 15.6. The molecule has 0 saturated carbocycles. The normalized spacial score (nSPS) is 17.6. The fourth-order valence-electron chi connectivity index (χ4n) is 3.06. The summed E-state index contributed by atoms with van der Waals surface area (Å²) >= 11 is 3.14. The van der Waals surface area contributed by atoms with Gasteiger partial charge in [0, 0.05) is 6.54 Å². The van der Waals surface area contributed by atoms with Gasteiger partial charge < -0.3 is 4.90 Å². The molecule has 3 nitrogen and oxygen atoms in total. The summed E-state index contributed by atoms with van der Waals surface area (Å²) in [5.74, 6) is 0.108. The van der Waals surface area contributed by atoms with Crippen molar-refractivity contribution in [1.82, 2.24) is 9.88 Å². The highest BCUT2D eigenvalue weighted by molar-refractivity contribution is 7.21. The average Bonchev–Trinajstić information content (AvgIpc) is 3.35. The number of carbonyl (C=O) groups is 1. The third-order valence-corrected chi connectivity index (χ3v) is 6.17. The maximum atomic E-state index is 12.9. The van der Waals surface area contributed by atoms with E-state index in [4.69, 9.17) is 0 Å². The van der Waals surface area contributed by atoms with Gasteiger partial charge in [-0.05, 0) is 29.9 Å². The van der Waals surface area contributed by atoms with E-state index in [-0.39, 0.29) is 11.9 Å². The van der Waals surface area contributed by atoms with Crippen LogP contribution in [0.4, 0.5) is 0 Å². The van der Waals surface area contributed by atoms with Crippen LogP contribution in [0.2, 0.25) is 0 Å². The summed E-state index contributed by atoms with van der Waals surface area (Å²) < 4.78 is 0. The van der Waals surface area contributed by atoms with Crippen molar-refractivity contribution in [2.45, 2.75) is 18.9 Å². The van der Waals surface area contributed by atoms with Gasteiger partial charge in [0.05, 0.1) is 17.1 Å². The predicted octanol–water partition coefficient (Wildman–Crippen LogP) is 4.85. The Kier molecular flexibility index (Phi) is 3.97. The van der Waals surface area contributed by atoms with Crippen LogP contribution < -0.4 is 0 Å². The van der Waals surface area contributed by atoms with E-state index in [0.717, 1.165) is 34.1 Å². The second-order valence-corrected chi connectivity index (χ2v) is 7.55. The summed E-state index contributed by atoms with van der Waals surface area (Å²) in [6.07, 6.45) is 3.82. The number of hydrogen-bond acceptors (Lipinski definition) is 4. The second-order valence-electron chi connectivity index (χ2n) is 5.57. The van der Waals surface area contributed by atoms with E-state index in [1.807, 2.05) is 40.6 Å².